The van der Waals surface area contributed by atoms with Crippen LogP contribution < -0.4 is 10.0 Å². The Kier molecular flexibility index (Phi) is 4.91. The number of anilines is 2. The van der Waals surface area contributed by atoms with Gasteiger partial charge in [0.05, 0.1) is 16.3 Å². The van der Waals surface area contributed by atoms with Crippen molar-refractivity contribution in [3.8, 4) is 0 Å². The molecule has 0 atom stereocenters. The highest BCUT2D eigenvalue weighted by molar-refractivity contribution is 7.92. The van der Waals surface area contributed by atoms with Crippen LogP contribution in [0, 0.1) is 12.7 Å². The molecular weight excluding hydrogens is 343 g/mol. The normalized spacial score (nSPS) is 11.1. The molecular formula is C15H14ClFN2O3S. The number of benzene rings is 2. The van der Waals surface area contributed by atoms with Crippen molar-refractivity contribution in [2.24, 2.45) is 0 Å². The van der Waals surface area contributed by atoms with Crippen LogP contribution >= 0.6 is 11.6 Å². The highest BCUT2D eigenvalue weighted by Crippen LogP contribution is 2.24. The third-order valence-electron chi connectivity index (χ3n) is 2.98. The number of halogens is 2. The van der Waals surface area contributed by atoms with Gasteiger partial charge in [-0.25, -0.2) is 12.8 Å². The molecule has 2 rings (SSSR count). The molecule has 8 heteroatoms. The van der Waals surface area contributed by atoms with Crippen LogP contribution in [-0.4, -0.2) is 14.3 Å². The summed E-state index contributed by atoms with van der Waals surface area (Å²) >= 11 is 5.94. The topological polar surface area (TPSA) is 75.3 Å². The van der Waals surface area contributed by atoms with Crippen LogP contribution in [0.2, 0.25) is 5.02 Å². The number of carbonyl (C=O) groups excluding carboxylic acids is 1. The van der Waals surface area contributed by atoms with Crippen LogP contribution in [0.4, 0.5) is 15.8 Å². The second kappa shape index (κ2) is 6.55. The fraction of sp³-hybridized carbons (Fsp3) is 0.133. The van der Waals surface area contributed by atoms with E-state index in [2.05, 4.69) is 10.0 Å². The summed E-state index contributed by atoms with van der Waals surface area (Å²) in [7, 11) is -3.88. The summed E-state index contributed by atoms with van der Waals surface area (Å²) in [6, 6.07) is 7.85. The summed E-state index contributed by atoms with van der Waals surface area (Å²) < 4.78 is 40.6. The Balaban J connectivity index is 2.33. The average molecular weight is 357 g/mol. The van der Waals surface area contributed by atoms with Crippen LogP contribution in [-0.2, 0) is 14.8 Å². The molecule has 2 N–H and O–H groups in total. The molecule has 0 aliphatic carbocycles. The van der Waals surface area contributed by atoms with Crippen molar-refractivity contribution in [1.29, 1.82) is 0 Å². The minimum Gasteiger partial charge on any atom is -0.324 e. The Hall–Kier alpha value is -2.12. The zero-order valence-electron chi connectivity index (χ0n) is 12.4. The van der Waals surface area contributed by atoms with Crippen LogP contribution in [0.1, 0.15) is 12.5 Å². The fourth-order valence-corrected chi connectivity index (χ4v) is 3.15. The average Bonchev–Trinajstić information content (AvgIpc) is 2.44. The number of rotatable bonds is 4. The largest absolute Gasteiger partial charge is 0.324 e. The van der Waals surface area contributed by atoms with Crippen molar-refractivity contribution in [2.45, 2.75) is 18.7 Å². The summed E-state index contributed by atoms with van der Waals surface area (Å²) in [5.74, 6) is -1.13. The standard InChI is InChI=1S/C15H14ClFN2O3S/c1-9-3-5-12(8-13(9)16)23(21,22)19-11-4-6-14(17)15(7-11)18-10(2)20/h3-8,19H,1-2H3,(H,18,20). The van der Waals surface area contributed by atoms with Crippen molar-refractivity contribution in [1.82, 2.24) is 0 Å². The van der Waals surface area contributed by atoms with Crippen LogP contribution in [0.25, 0.3) is 0 Å². The van der Waals surface area contributed by atoms with E-state index in [-0.39, 0.29) is 16.3 Å². The zero-order valence-corrected chi connectivity index (χ0v) is 13.9. The molecule has 2 aromatic carbocycles. The first-order valence-electron chi connectivity index (χ1n) is 6.55. The van der Waals surface area contributed by atoms with E-state index in [0.29, 0.717) is 5.02 Å². The summed E-state index contributed by atoms with van der Waals surface area (Å²) in [5.41, 5.74) is 0.756. The number of hydrogen-bond donors (Lipinski definition) is 2. The van der Waals surface area contributed by atoms with Crippen molar-refractivity contribution < 1.29 is 17.6 Å². The predicted octanol–water partition coefficient (Wildman–Crippen LogP) is 3.55. The van der Waals surface area contributed by atoms with Crippen LogP contribution in [0.3, 0.4) is 0 Å². The molecule has 2 aromatic rings. The Morgan fingerprint density at radius 1 is 1.17 bits per heavy atom. The van der Waals surface area contributed by atoms with Gasteiger partial charge in [0.25, 0.3) is 10.0 Å². The molecule has 0 radical (unpaired) electrons. The van der Waals surface area contributed by atoms with Crippen molar-refractivity contribution in [2.75, 3.05) is 10.0 Å². The Morgan fingerprint density at radius 3 is 2.48 bits per heavy atom. The maximum absolute atomic E-state index is 13.6. The zero-order chi connectivity index (χ0) is 17.2. The maximum atomic E-state index is 13.6. The lowest BCUT2D eigenvalue weighted by molar-refractivity contribution is -0.114. The second-order valence-electron chi connectivity index (χ2n) is 4.89. The molecule has 0 aliphatic heterocycles. The van der Waals surface area contributed by atoms with E-state index < -0.39 is 21.7 Å². The number of carbonyl (C=O) groups is 1. The molecule has 0 saturated carbocycles. The summed E-state index contributed by atoms with van der Waals surface area (Å²) in [4.78, 5) is 11.0. The van der Waals surface area contributed by atoms with Gasteiger partial charge in [-0.05, 0) is 42.8 Å². The van der Waals surface area contributed by atoms with Gasteiger partial charge < -0.3 is 5.32 Å². The first kappa shape index (κ1) is 17.2. The molecule has 0 unspecified atom stereocenters. The van der Waals surface area contributed by atoms with Gasteiger partial charge in [0.2, 0.25) is 5.91 Å². The summed E-state index contributed by atoms with van der Waals surface area (Å²) in [5, 5.41) is 2.61. The van der Waals surface area contributed by atoms with Gasteiger partial charge in [-0.3, -0.25) is 9.52 Å². The molecule has 0 aromatic heterocycles. The highest BCUT2D eigenvalue weighted by atomic mass is 35.5. The molecule has 0 bridgehead atoms. The Morgan fingerprint density at radius 2 is 1.87 bits per heavy atom. The highest BCUT2D eigenvalue weighted by Gasteiger charge is 2.16. The molecule has 0 fully saturated rings. The number of nitrogens with one attached hydrogen (secondary N) is 2. The summed E-state index contributed by atoms with van der Waals surface area (Å²) in [6.45, 7) is 2.98. The Bertz CT molecular complexity index is 869. The van der Waals surface area contributed by atoms with Gasteiger partial charge in [0.1, 0.15) is 5.82 Å². The minimum atomic E-state index is -3.88. The molecule has 23 heavy (non-hydrogen) atoms. The van der Waals surface area contributed by atoms with E-state index in [1.165, 1.54) is 31.2 Å². The number of sulfonamides is 1. The van der Waals surface area contributed by atoms with Gasteiger partial charge in [-0.15, -0.1) is 0 Å². The van der Waals surface area contributed by atoms with E-state index in [4.69, 9.17) is 11.6 Å². The van der Waals surface area contributed by atoms with Crippen LogP contribution in [0.5, 0.6) is 0 Å². The van der Waals surface area contributed by atoms with E-state index in [1.807, 2.05) is 0 Å². The minimum absolute atomic E-state index is 0.0153. The lowest BCUT2D eigenvalue weighted by Crippen LogP contribution is -2.14. The maximum Gasteiger partial charge on any atom is 0.261 e. The van der Waals surface area contributed by atoms with Crippen molar-refractivity contribution in [3.63, 3.8) is 0 Å². The van der Waals surface area contributed by atoms with Gasteiger partial charge in [-0.1, -0.05) is 17.7 Å². The monoisotopic (exact) mass is 356 g/mol. The number of hydrogen-bond acceptors (Lipinski definition) is 3. The molecule has 1 amide bonds. The van der Waals surface area contributed by atoms with Crippen molar-refractivity contribution >= 4 is 38.9 Å². The molecule has 122 valence electrons. The molecule has 0 saturated heterocycles. The fourth-order valence-electron chi connectivity index (χ4n) is 1.83. The van der Waals surface area contributed by atoms with Gasteiger partial charge in [-0.2, -0.15) is 0 Å². The van der Waals surface area contributed by atoms with Gasteiger partial charge >= 0.3 is 0 Å². The smallest absolute Gasteiger partial charge is 0.261 e. The van der Waals surface area contributed by atoms with Gasteiger partial charge in [0.15, 0.2) is 0 Å². The first-order valence-corrected chi connectivity index (χ1v) is 8.41. The molecule has 5 nitrogen and oxygen atoms in total. The SMILES string of the molecule is CC(=O)Nc1cc(NS(=O)(=O)c2ccc(C)c(Cl)c2)ccc1F. The Labute approximate surface area is 138 Å². The number of aryl methyl sites for hydroxylation is 1. The lowest BCUT2D eigenvalue weighted by Gasteiger charge is -2.11. The second-order valence-corrected chi connectivity index (χ2v) is 6.98. The van der Waals surface area contributed by atoms with E-state index in [9.17, 15) is 17.6 Å². The molecule has 0 heterocycles. The van der Waals surface area contributed by atoms with E-state index in [1.54, 1.807) is 13.0 Å². The third-order valence-corrected chi connectivity index (χ3v) is 4.77. The first-order chi connectivity index (χ1) is 10.7. The lowest BCUT2D eigenvalue weighted by atomic mass is 10.2. The van der Waals surface area contributed by atoms with Gasteiger partial charge in [0, 0.05) is 11.9 Å². The summed E-state index contributed by atoms with van der Waals surface area (Å²) in [6.07, 6.45) is 0. The quantitative estimate of drug-likeness (QED) is 0.879. The molecule has 0 spiro atoms. The number of amides is 1. The van der Waals surface area contributed by atoms with Crippen molar-refractivity contribution in [3.05, 3.63) is 52.8 Å². The van der Waals surface area contributed by atoms with Crippen LogP contribution in [0.15, 0.2) is 41.3 Å². The third kappa shape index (κ3) is 4.20. The molecule has 0 aliphatic rings. The predicted molar refractivity (Wildman–Crippen MR) is 87.7 cm³/mol. The van der Waals surface area contributed by atoms with E-state index >= 15 is 0 Å². The van der Waals surface area contributed by atoms with E-state index in [0.717, 1.165) is 11.6 Å².